The molecule has 1 amide bonds. The van der Waals surface area contributed by atoms with Crippen molar-refractivity contribution in [1.82, 2.24) is 9.47 Å². The van der Waals surface area contributed by atoms with E-state index in [9.17, 15) is 4.79 Å². The van der Waals surface area contributed by atoms with Gasteiger partial charge >= 0.3 is 0 Å². The molecule has 1 saturated heterocycles. The Bertz CT molecular complexity index is 1460. The standard InChI is InChI=1S/C29H31N3O2/c1-16-3-6-19-12-25(31(24(19)11-16)14-18-4-5-18)28-17(2)22-9-7-20(13-26(22)34-28)29(33)32-15-21-8-10-23(32)27(21)30/h3,6-7,9,11-13,18,21,23,27H,4-5,8,10,14-15,30H2,1-2H3/t21?,23?,27-/m1/s1. The Morgan fingerprint density at radius 1 is 1.06 bits per heavy atom. The van der Waals surface area contributed by atoms with E-state index >= 15 is 0 Å². The molecule has 34 heavy (non-hydrogen) atoms. The number of rotatable bonds is 4. The Morgan fingerprint density at radius 3 is 2.65 bits per heavy atom. The summed E-state index contributed by atoms with van der Waals surface area (Å²) in [6.45, 7) is 6.09. The number of nitrogens with zero attached hydrogens (tertiary/aromatic N) is 2. The number of likely N-dealkylation sites (tertiary alicyclic amines) is 1. The number of carbonyl (C=O) groups is 1. The van der Waals surface area contributed by atoms with Crippen molar-refractivity contribution in [3.05, 3.63) is 59.2 Å². The fourth-order valence-corrected chi connectivity index (χ4v) is 6.36. The van der Waals surface area contributed by atoms with Crippen LogP contribution in [0.4, 0.5) is 0 Å². The van der Waals surface area contributed by atoms with Gasteiger partial charge in [0.25, 0.3) is 5.91 Å². The molecule has 2 aromatic carbocycles. The molecule has 5 heteroatoms. The van der Waals surface area contributed by atoms with Gasteiger partial charge in [-0.1, -0.05) is 18.2 Å². The highest BCUT2D eigenvalue weighted by Gasteiger charge is 2.46. The van der Waals surface area contributed by atoms with Crippen molar-refractivity contribution in [2.45, 2.75) is 58.2 Å². The molecular formula is C29H31N3O2. The van der Waals surface area contributed by atoms with Crippen LogP contribution in [0.2, 0.25) is 0 Å². The molecule has 0 radical (unpaired) electrons. The molecule has 2 unspecified atom stereocenters. The molecule has 3 heterocycles. The first-order valence-corrected chi connectivity index (χ1v) is 12.7. The molecule has 3 aliphatic rings. The first-order chi connectivity index (χ1) is 16.5. The Hall–Kier alpha value is -3.05. The smallest absolute Gasteiger partial charge is 0.254 e. The lowest BCUT2D eigenvalue weighted by molar-refractivity contribution is 0.0700. The van der Waals surface area contributed by atoms with E-state index < -0.39 is 0 Å². The number of hydrogen-bond acceptors (Lipinski definition) is 3. The largest absolute Gasteiger partial charge is 0.454 e. The van der Waals surface area contributed by atoms with Gasteiger partial charge in [-0.15, -0.1) is 0 Å². The van der Waals surface area contributed by atoms with E-state index in [1.54, 1.807) is 0 Å². The summed E-state index contributed by atoms with van der Waals surface area (Å²) in [5.74, 6) is 2.20. The van der Waals surface area contributed by atoms with Crippen molar-refractivity contribution in [2.75, 3.05) is 6.54 Å². The lowest BCUT2D eigenvalue weighted by Crippen LogP contribution is -2.41. The van der Waals surface area contributed by atoms with Crippen molar-refractivity contribution in [1.29, 1.82) is 0 Å². The second-order valence-electron chi connectivity index (χ2n) is 10.9. The molecule has 2 aliphatic carbocycles. The van der Waals surface area contributed by atoms with E-state index in [2.05, 4.69) is 48.7 Å². The zero-order chi connectivity index (χ0) is 23.1. The highest BCUT2D eigenvalue weighted by Crippen LogP contribution is 2.41. The molecule has 2 aromatic heterocycles. The van der Waals surface area contributed by atoms with Gasteiger partial charge in [0.15, 0.2) is 5.76 Å². The van der Waals surface area contributed by atoms with Crippen LogP contribution in [-0.2, 0) is 6.54 Å². The van der Waals surface area contributed by atoms with Gasteiger partial charge in [0.05, 0.1) is 5.69 Å². The minimum absolute atomic E-state index is 0.0819. The van der Waals surface area contributed by atoms with Crippen molar-refractivity contribution < 1.29 is 9.21 Å². The summed E-state index contributed by atoms with van der Waals surface area (Å²) in [6.07, 6.45) is 4.77. The van der Waals surface area contributed by atoms with Crippen molar-refractivity contribution in [3.63, 3.8) is 0 Å². The monoisotopic (exact) mass is 453 g/mol. The SMILES string of the molecule is Cc1ccc2cc(-c3oc4cc(C(=O)N5CC6CCC5[C@@H]6N)ccc4c3C)n(CC3CC3)c2c1. The van der Waals surface area contributed by atoms with Crippen LogP contribution < -0.4 is 5.73 Å². The van der Waals surface area contributed by atoms with Crippen LogP contribution in [0.3, 0.4) is 0 Å². The van der Waals surface area contributed by atoms with Crippen molar-refractivity contribution in [3.8, 4) is 11.5 Å². The normalized spacial score (nSPS) is 24.1. The van der Waals surface area contributed by atoms with Crippen LogP contribution in [0, 0.1) is 25.7 Å². The predicted octanol–water partition coefficient (Wildman–Crippen LogP) is 5.64. The highest BCUT2D eigenvalue weighted by molar-refractivity contribution is 6.00. The summed E-state index contributed by atoms with van der Waals surface area (Å²) in [7, 11) is 0. The zero-order valence-electron chi connectivity index (χ0n) is 19.9. The number of fused-ring (bicyclic) bond motifs is 4. The van der Waals surface area contributed by atoms with Crippen molar-refractivity contribution >= 4 is 27.8 Å². The molecule has 2 saturated carbocycles. The molecule has 2 N–H and O–H groups in total. The van der Waals surface area contributed by atoms with Crippen LogP contribution >= 0.6 is 0 Å². The van der Waals surface area contributed by atoms with Gasteiger partial charge in [0, 0.05) is 52.6 Å². The molecule has 3 fully saturated rings. The summed E-state index contributed by atoms with van der Waals surface area (Å²) in [5, 5.41) is 2.32. The molecule has 1 aliphatic heterocycles. The van der Waals surface area contributed by atoms with Gasteiger partial charge in [-0.05, 0) is 81.2 Å². The quantitative estimate of drug-likeness (QED) is 0.435. The minimum Gasteiger partial charge on any atom is -0.454 e. The average molecular weight is 454 g/mol. The summed E-state index contributed by atoms with van der Waals surface area (Å²) in [6, 6.07) is 15.2. The van der Waals surface area contributed by atoms with Crippen LogP contribution in [0.15, 0.2) is 46.9 Å². The van der Waals surface area contributed by atoms with E-state index in [1.165, 1.54) is 29.3 Å². The summed E-state index contributed by atoms with van der Waals surface area (Å²) < 4.78 is 8.95. The van der Waals surface area contributed by atoms with E-state index in [1.807, 2.05) is 17.0 Å². The van der Waals surface area contributed by atoms with Gasteiger partial charge < -0.3 is 19.6 Å². The fourth-order valence-electron chi connectivity index (χ4n) is 6.36. The lowest BCUT2D eigenvalue weighted by atomic mass is 10.1. The van der Waals surface area contributed by atoms with Gasteiger partial charge in [-0.25, -0.2) is 0 Å². The molecule has 5 nitrogen and oxygen atoms in total. The second-order valence-corrected chi connectivity index (χ2v) is 10.9. The van der Waals surface area contributed by atoms with E-state index in [0.717, 1.165) is 59.8 Å². The first-order valence-electron chi connectivity index (χ1n) is 12.7. The van der Waals surface area contributed by atoms with Crippen LogP contribution in [0.5, 0.6) is 0 Å². The molecule has 3 atom stereocenters. The third-order valence-electron chi connectivity index (χ3n) is 8.53. The van der Waals surface area contributed by atoms with E-state index in [-0.39, 0.29) is 18.0 Å². The molecule has 4 aromatic rings. The topological polar surface area (TPSA) is 64.4 Å². The Morgan fingerprint density at radius 2 is 1.91 bits per heavy atom. The van der Waals surface area contributed by atoms with Crippen LogP contribution in [0.25, 0.3) is 33.3 Å². The van der Waals surface area contributed by atoms with Crippen molar-refractivity contribution in [2.24, 2.45) is 17.6 Å². The van der Waals surface area contributed by atoms with E-state index in [0.29, 0.717) is 11.5 Å². The first kappa shape index (κ1) is 20.3. The molecular weight excluding hydrogens is 422 g/mol. The number of hydrogen-bond donors (Lipinski definition) is 1. The number of benzene rings is 2. The molecule has 7 rings (SSSR count). The number of furan rings is 1. The Kier molecular flexibility index (Phi) is 4.32. The number of aryl methyl sites for hydroxylation is 2. The Balaban J connectivity index is 1.30. The van der Waals surface area contributed by atoms with Gasteiger partial charge in [0.2, 0.25) is 0 Å². The van der Waals surface area contributed by atoms with Crippen LogP contribution in [0.1, 0.15) is 47.2 Å². The van der Waals surface area contributed by atoms with Crippen LogP contribution in [-0.4, -0.2) is 34.0 Å². The zero-order valence-corrected chi connectivity index (χ0v) is 19.9. The minimum atomic E-state index is 0.0819. The number of carbonyl (C=O) groups excluding carboxylic acids is 1. The third-order valence-corrected chi connectivity index (χ3v) is 8.53. The lowest BCUT2D eigenvalue weighted by Gasteiger charge is -2.27. The number of piperidine rings is 1. The summed E-state index contributed by atoms with van der Waals surface area (Å²) in [4.78, 5) is 15.3. The maximum absolute atomic E-state index is 13.3. The number of nitrogens with two attached hydrogens (primary N) is 1. The maximum atomic E-state index is 13.3. The fraction of sp³-hybridized carbons (Fsp3) is 0.414. The van der Waals surface area contributed by atoms with Gasteiger partial charge in [-0.3, -0.25) is 4.79 Å². The van der Waals surface area contributed by atoms with Gasteiger partial charge in [-0.2, -0.15) is 0 Å². The second kappa shape index (κ2) is 7.22. The maximum Gasteiger partial charge on any atom is 0.254 e. The molecule has 2 bridgehead atoms. The molecule has 174 valence electrons. The summed E-state index contributed by atoms with van der Waals surface area (Å²) in [5.41, 5.74) is 12.6. The third kappa shape index (κ3) is 2.99. The molecule has 0 spiro atoms. The average Bonchev–Trinajstić information content (AvgIpc) is 3.26. The van der Waals surface area contributed by atoms with E-state index in [4.69, 9.17) is 10.2 Å². The highest BCUT2D eigenvalue weighted by atomic mass is 16.3. The predicted molar refractivity (Wildman–Crippen MR) is 135 cm³/mol. The number of aromatic nitrogens is 1. The number of amides is 1. The van der Waals surface area contributed by atoms with Gasteiger partial charge in [0.1, 0.15) is 5.58 Å². The Labute approximate surface area is 199 Å². The summed E-state index contributed by atoms with van der Waals surface area (Å²) >= 11 is 0.